The van der Waals surface area contributed by atoms with Crippen LogP contribution in [0.15, 0.2) is 59.5 Å². The summed E-state index contributed by atoms with van der Waals surface area (Å²) in [6.07, 6.45) is 0. The van der Waals surface area contributed by atoms with Crippen LogP contribution in [0.3, 0.4) is 0 Å². The summed E-state index contributed by atoms with van der Waals surface area (Å²) in [5, 5.41) is 13.3. The second-order valence-corrected chi connectivity index (χ2v) is 8.65. The number of rotatable bonds is 5. The summed E-state index contributed by atoms with van der Waals surface area (Å²) in [6, 6.07) is 12.4. The molecule has 0 spiro atoms. The SMILES string of the molecule is COc1ccc(N2C(=O)C(=O)/C(=C(\O)c3cc(Cl)c(OC)c(Cl)c3)C2c2cccs2)cc1. The number of ether oxygens (including phenoxy) is 2. The van der Waals surface area contributed by atoms with Crippen molar-refractivity contribution in [1.29, 1.82) is 0 Å². The van der Waals surface area contributed by atoms with Crippen LogP contribution in [-0.2, 0) is 9.59 Å². The average Bonchev–Trinajstić information content (AvgIpc) is 3.40. The summed E-state index contributed by atoms with van der Waals surface area (Å²) in [4.78, 5) is 28.3. The highest BCUT2D eigenvalue weighted by Crippen LogP contribution is 2.45. The number of ketones is 1. The van der Waals surface area contributed by atoms with E-state index in [1.54, 1.807) is 30.3 Å². The standard InChI is InChI=1S/C23H17Cl2NO5S/c1-30-14-7-5-13(6-8-14)26-19(17-4-3-9-32-17)18(21(28)23(26)29)20(27)12-10-15(24)22(31-2)16(25)11-12/h3-11,19,27H,1-2H3/b20-18-. The van der Waals surface area contributed by atoms with E-state index in [4.69, 9.17) is 32.7 Å². The second-order valence-electron chi connectivity index (χ2n) is 6.86. The zero-order valence-corrected chi connectivity index (χ0v) is 19.3. The lowest BCUT2D eigenvalue weighted by Crippen LogP contribution is -2.29. The van der Waals surface area contributed by atoms with Crippen molar-refractivity contribution in [3.8, 4) is 11.5 Å². The lowest BCUT2D eigenvalue weighted by molar-refractivity contribution is -0.132. The van der Waals surface area contributed by atoms with Crippen molar-refractivity contribution >= 4 is 57.7 Å². The van der Waals surface area contributed by atoms with Crippen molar-refractivity contribution in [3.63, 3.8) is 0 Å². The van der Waals surface area contributed by atoms with E-state index in [1.165, 1.54) is 42.6 Å². The third-order valence-electron chi connectivity index (χ3n) is 5.08. The Morgan fingerprint density at radius 2 is 1.69 bits per heavy atom. The Labute approximate surface area is 198 Å². The molecule has 1 amide bonds. The van der Waals surface area contributed by atoms with E-state index in [1.807, 2.05) is 11.4 Å². The van der Waals surface area contributed by atoms with Crippen LogP contribution >= 0.6 is 34.5 Å². The number of carbonyl (C=O) groups excluding carboxylic acids is 2. The van der Waals surface area contributed by atoms with Gasteiger partial charge in [0.15, 0.2) is 5.75 Å². The molecule has 0 bridgehead atoms. The van der Waals surface area contributed by atoms with Crippen LogP contribution in [0.25, 0.3) is 5.76 Å². The van der Waals surface area contributed by atoms with E-state index in [0.29, 0.717) is 16.3 Å². The van der Waals surface area contributed by atoms with Gasteiger partial charge in [-0.15, -0.1) is 11.3 Å². The lowest BCUT2D eigenvalue weighted by Gasteiger charge is -2.24. The molecule has 0 aliphatic carbocycles. The zero-order chi connectivity index (χ0) is 23.0. The first-order valence-corrected chi connectivity index (χ1v) is 11.0. The Morgan fingerprint density at radius 3 is 2.22 bits per heavy atom. The molecule has 1 N–H and O–H groups in total. The summed E-state index contributed by atoms with van der Waals surface area (Å²) in [6.45, 7) is 0. The van der Waals surface area contributed by atoms with Gasteiger partial charge in [0.05, 0.1) is 29.8 Å². The number of amides is 1. The van der Waals surface area contributed by atoms with Gasteiger partial charge < -0.3 is 14.6 Å². The van der Waals surface area contributed by atoms with E-state index >= 15 is 0 Å². The van der Waals surface area contributed by atoms with E-state index in [9.17, 15) is 14.7 Å². The molecular formula is C23H17Cl2NO5S. The summed E-state index contributed by atoms with van der Waals surface area (Å²) in [5.41, 5.74) is 0.650. The van der Waals surface area contributed by atoms with Gasteiger partial charge in [0.1, 0.15) is 17.6 Å². The lowest BCUT2D eigenvalue weighted by atomic mass is 9.99. The number of aliphatic hydroxyl groups excluding tert-OH is 1. The summed E-state index contributed by atoms with van der Waals surface area (Å²) in [5.74, 6) is -1.07. The van der Waals surface area contributed by atoms with Crippen molar-refractivity contribution in [2.75, 3.05) is 19.1 Å². The fraction of sp³-hybridized carbons (Fsp3) is 0.130. The average molecular weight is 490 g/mol. The number of halogens is 2. The van der Waals surface area contributed by atoms with Crippen LogP contribution in [-0.4, -0.2) is 31.0 Å². The largest absolute Gasteiger partial charge is 0.507 e. The molecule has 2 heterocycles. The monoisotopic (exact) mass is 489 g/mol. The van der Waals surface area contributed by atoms with E-state index in [2.05, 4.69) is 0 Å². The molecule has 6 nitrogen and oxygen atoms in total. The van der Waals surface area contributed by atoms with Gasteiger partial charge in [0.2, 0.25) is 0 Å². The first kappa shape index (κ1) is 22.2. The predicted molar refractivity (Wildman–Crippen MR) is 125 cm³/mol. The van der Waals surface area contributed by atoms with Crippen molar-refractivity contribution in [2.45, 2.75) is 6.04 Å². The zero-order valence-electron chi connectivity index (χ0n) is 17.0. The van der Waals surface area contributed by atoms with Gasteiger partial charge in [-0.25, -0.2) is 0 Å². The third kappa shape index (κ3) is 3.72. The molecule has 164 valence electrons. The van der Waals surface area contributed by atoms with Crippen LogP contribution in [0.4, 0.5) is 5.69 Å². The number of Topliss-reactive ketones (excluding diaryl/α,β-unsaturated/α-hetero) is 1. The van der Waals surface area contributed by atoms with Crippen LogP contribution in [0.5, 0.6) is 11.5 Å². The van der Waals surface area contributed by atoms with Gasteiger partial charge in [0.25, 0.3) is 11.7 Å². The minimum Gasteiger partial charge on any atom is -0.507 e. The molecular weight excluding hydrogens is 473 g/mol. The van der Waals surface area contributed by atoms with Crippen molar-refractivity contribution < 1.29 is 24.2 Å². The summed E-state index contributed by atoms with van der Waals surface area (Å²) >= 11 is 13.8. The van der Waals surface area contributed by atoms with E-state index in [0.717, 1.165) is 0 Å². The quantitative estimate of drug-likeness (QED) is 0.282. The van der Waals surface area contributed by atoms with Crippen molar-refractivity contribution in [2.24, 2.45) is 0 Å². The first-order valence-electron chi connectivity index (χ1n) is 9.39. The Kier molecular flexibility index (Phi) is 6.15. The minimum absolute atomic E-state index is 0.0504. The maximum absolute atomic E-state index is 13.1. The maximum Gasteiger partial charge on any atom is 0.300 e. The van der Waals surface area contributed by atoms with E-state index < -0.39 is 17.7 Å². The number of carbonyl (C=O) groups is 2. The predicted octanol–water partition coefficient (Wildman–Crippen LogP) is 5.70. The Hall–Kier alpha value is -3.00. The number of hydrogen-bond donors (Lipinski definition) is 1. The summed E-state index contributed by atoms with van der Waals surface area (Å²) in [7, 11) is 2.96. The van der Waals surface area contributed by atoms with Gasteiger partial charge in [-0.1, -0.05) is 29.3 Å². The molecule has 32 heavy (non-hydrogen) atoms. The number of methoxy groups -OCH3 is 2. The van der Waals surface area contributed by atoms with Gasteiger partial charge in [-0.2, -0.15) is 0 Å². The Bertz CT molecular complexity index is 1200. The molecule has 3 aromatic rings. The Morgan fingerprint density at radius 1 is 1.03 bits per heavy atom. The number of benzene rings is 2. The fourth-order valence-corrected chi connectivity index (χ4v) is 5.07. The molecule has 1 fully saturated rings. The number of anilines is 1. The van der Waals surface area contributed by atoms with Crippen LogP contribution < -0.4 is 14.4 Å². The van der Waals surface area contributed by atoms with Crippen LogP contribution in [0, 0.1) is 0 Å². The normalized spacial score (nSPS) is 17.6. The third-order valence-corrected chi connectivity index (χ3v) is 6.57. The molecule has 4 rings (SSSR count). The minimum atomic E-state index is -0.817. The first-order chi connectivity index (χ1) is 15.4. The molecule has 1 aromatic heterocycles. The number of nitrogens with zero attached hydrogens (tertiary/aromatic N) is 1. The molecule has 1 saturated heterocycles. The molecule has 0 radical (unpaired) electrons. The van der Waals surface area contributed by atoms with Crippen LogP contribution in [0.2, 0.25) is 10.0 Å². The molecule has 1 aliphatic heterocycles. The van der Waals surface area contributed by atoms with Gasteiger partial charge >= 0.3 is 0 Å². The van der Waals surface area contributed by atoms with Gasteiger partial charge in [-0.3, -0.25) is 14.5 Å². The number of aliphatic hydroxyl groups is 1. The smallest absolute Gasteiger partial charge is 0.300 e. The molecule has 0 saturated carbocycles. The molecule has 2 aromatic carbocycles. The van der Waals surface area contributed by atoms with Crippen molar-refractivity contribution in [1.82, 2.24) is 0 Å². The summed E-state index contributed by atoms with van der Waals surface area (Å²) < 4.78 is 10.3. The maximum atomic E-state index is 13.1. The second kappa shape index (κ2) is 8.86. The van der Waals surface area contributed by atoms with Gasteiger partial charge in [0, 0.05) is 16.1 Å². The number of hydrogen-bond acceptors (Lipinski definition) is 6. The van der Waals surface area contributed by atoms with E-state index in [-0.39, 0.29) is 32.7 Å². The highest BCUT2D eigenvalue weighted by Gasteiger charge is 2.47. The molecule has 1 atom stereocenters. The van der Waals surface area contributed by atoms with Gasteiger partial charge in [-0.05, 0) is 47.8 Å². The molecule has 1 aliphatic rings. The Balaban J connectivity index is 1.90. The highest BCUT2D eigenvalue weighted by atomic mass is 35.5. The van der Waals surface area contributed by atoms with Crippen molar-refractivity contribution in [3.05, 3.63) is 80.0 Å². The fourth-order valence-electron chi connectivity index (χ4n) is 3.60. The number of thiophene rings is 1. The highest BCUT2D eigenvalue weighted by molar-refractivity contribution is 7.10. The molecule has 1 unspecified atom stereocenters. The molecule has 9 heteroatoms. The van der Waals surface area contributed by atoms with Crippen LogP contribution in [0.1, 0.15) is 16.5 Å². The topological polar surface area (TPSA) is 76.1 Å².